The molecule has 0 saturated heterocycles. The van der Waals surface area contributed by atoms with Gasteiger partial charge in [0, 0.05) is 23.5 Å². The van der Waals surface area contributed by atoms with Crippen molar-refractivity contribution in [1.29, 1.82) is 0 Å². The standard InChI is InChI=1S/C14H15FN2/c1-10-5-2-3-7-13(10)17-14-8-4-6-12(15)11(14)9-16/h2-8,17H,9,16H2,1H3. The number of hydrogen-bond acceptors (Lipinski definition) is 2. The lowest BCUT2D eigenvalue weighted by Gasteiger charge is -2.13. The maximum atomic E-state index is 13.5. The fourth-order valence-electron chi connectivity index (χ4n) is 1.74. The molecule has 0 fully saturated rings. The molecule has 0 unspecified atom stereocenters. The minimum atomic E-state index is -0.272. The van der Waals surface area contributed by atoms with Crippen molar-refractivity contribution in [3.05, 3.63) is 59.4 Å². The van der Waals surface area contributed by atoms with Crippen molar-refractivity contribution in [2.75, 3.05) is 5.32 Å². The second kappa shape index (κ2) is 4.97. The van der Waals surface area contributed by atoms with Gasteiger partial charge < -0.3 is 11.1 Å². The Morgan fingerprint density at radius 2 is 1.76 bits per heavy atom. The predicted molar refractivity (Wildman–Crippen MR) is 68.8 cm³/mol. The van der Waals surface area contributed by atoms with E-state index in [1.54, 1.807) is 6.07 Å². The van der Waals surface area contributed by atoms with E-state index >= 15 is 0 Å². The SMILES string of the molecule is Cc1ccccc1Nc1cccc(F)c1CN. The minimum Gasteiger partial charge on any atom is -0.355 e. The lowest BCUT2D eigenvalue weighted by molar-refractivity contribution is 0.611. The molecule has 2 aromatic rings. The van der Waals surface area contributed by atoms with Gasteiger partial charge in [-0.25, -0.2) is 4.39 Å². The Hall–Kier alpha value is -1.87. The van der Waals surface area contributed by atoms with Crippen molar-refractivity contribution in [3.63, 3.8) is 0 Å². The van der Waals surface area contributed by atoms with Gasteiger partial charge in [0.05, 0.1) is 0 Å². The molecule has 17 heavy (non-hydrogen) atoms. The highest BCUT2D eigenvalue weighted by Crippen LogP contribution is 2.24. The first kappa shape index (κ1) is 11.6. The molecule has 88 valence electrons. The van der Waals surface area contributed by atoms with Crippen LogP contribution in [-0.2, 0) is 6.54 Å². The fraction of sp³-hybridized carbons (Fsp3) is 0.143. The Labute approximate surface area is 100 Å². The number of nitrogens with two attached hydrogens (primary N) is 1. The zero-order valence-electron chi connectivity index (χ0n) is 9.70. The van der Waals surface area contributed by atoms with Crippen LogP contribution in [0.25, 0.3) is 0 Å². The number of benzene rings is 2. The number of nitrogens with one attached hydrogen (secondary N) is 1. The summed E-state index contributed by atoms with van der Waals surface area (Å²) in [6.45, 7) is 2.19. The van der Waals surface area contributed by atoms with Crippen molar-refractivity contribution in [2.45, 2.75) is 13.5 Å². The molecule has 2 rings (SSSR count). The number of halogens is 1. The van der Waals surface area contributed by atoms with Gasteiger partial charge in [0.25, 0.3) is 0 Å². The van der Waals surface area contributed by atoms with E-state index < -0.39 is 0 Å². The Morgan fingerprint density at radius 3 is 2.47 bits per heavy atom. The third-order valence-electron chi connectivity index (χ3n) is 2.74. The van der Waals surface area contributed by atoms with E-state index in [1.807, 2.05) is 37.3 Å². The van der Waals surface area contributed by atoms with Crippen LogP contribution < -0.4 is 11.1 Å². The number of anilines is 2. The zero-order chi connectivity index (χ0) is 12.3. The summed E-state index contributed by atoms with van der Waals surface area (Å²) in [5.74, 6) is -0.272. The van der Waals surface area contributed by atoms with E-state index in [0.29, 0.717) is 5.56 Å². The molecular weight excluding hydrogens is 215 g/mol. The second-order valence-electron chi connectivity index (χ2n) is 3.91. The molecule has 0 aliphatic carbocycles. The lowest BCUT2D eigenvalue weighted by Crippen LogP contribution is -2.05. The highest BCUT2D eigenvalue weighted by molar-refractivity contribution is 5.65. The van der Waals surface area contributed by atoms with Gasteiger partial charge in [0.1, 0.15) is 5.82 Å². The van der Waals surface area contributed by atoms with Gasteiger partial charge in [0.2, 0.25) is 0 Å². The summed E-state index contributed by atoms with van der Waals surface area (Å²) in [7, 11) is 0. The topological polar surface area (TPSA) is 38.0 Å². The van der Waals surface area contributed by atoms with Gasteiger partial charge in [-0.1, -0.05) is 24.3 Å². The van der Waals surface area contributed by atoms with E-state index in [0.717, 1.165) is 16.9 Å². The average Bonchev–Trinajstić information content (AvgIpc) is 2.32. The van der Waals surface area contributed by atoms with Crippen LogP contribution in [0.5, 0.6) is 0 Å². The van der Waals surface area contributed by atoms with Crippen LogP contribution in [0.2, 0.25) is 0 Å². The highest BCUT2D eigenvalue weighted by Gasteiger charge is 2.07. The lowest BCUT2D eigenvalue weighted by atomic mass is 10.1. The third-order valence-corrected chi connectivity index (χ3v) is 2.74. The van der Waals surface area contributed by atoms with Crippen molar-refractivity contribution >= 4 is 11.4 Å². The normalized spacial score (nSPS) is 10.3. The third kappa shape index (κ3) is 2.45. The second-order valence-corrected chi connectivity index (χ2v) is 3.91. The molecule has 3 N–H and O–H groups in total. The first-order valence-corrected chi connectivity index (χ1v) is 5.52. The zero-order valence-corrected chi connectivity index (χ0v) is 9.70. The van der Waals surface area contributed by atoms with E-state index in [2.05, 4.69) is 5.32 Å². The molecule has 2 nitrogen and oxygen atoms in total. The van der Waals surface area contributed by atoms with E-state index in [4.69, 9.17) is 5.73 Å². The van der Waals surface area contributed by atoms with Gasteiger partial charge in [-0.3, -0.25) is 0 Å². The molecule has 0 aliphatic rings. The molecule has 0 amide bonds. The number of rotatable bonds is 3. The largest absolute Gasteiger partial charge is 0.355 e. The van der Waals surface area contributed by atoms with Crippen LogP contribution in [0.4, 0.5) is 15.8 Å². The van der Waals surface area contributed by atoms with Crippen molar-refractivity contribution in [2.24, 2.45) is 5.73 Å². The van der Waals surface area contributed by atoms with Crippen molar-refractivity contribution in [3.8, 4) is 0 Å². The maximum absolute atomic E-state index is 13.5. The maximum Gasteiger partial charge on any atom is 0.129 e. The molecule has 0 radical (unpaired) electrons. The van der Waals surface area contributed by atoms with E-state index in [-0.39, 0.29) is 12.4 Å². The van der Waals surface area contributed by atoms with Crippen molar-refractivity contribution < 1.29 is 4.39 Å². The van der Waals surface area contributed by atoms with Crippen LogP contribution in [0.3, 0.4) is 0 Å². The van der Waals surface area contributed by atoms with E-state index in [9.17, 15) is 4.39 Å². The minimum absolute atomic E-state index is 0.181. The predicted octanol–water partition coefficient (Wildman–Crippen LogP) is 3.34. The molecule has 0 spiro atoms. The Bertz CT molecular complexity index is 523. The molecule has 3 heteroatoms. The van der Waals surface area contributed by atoms with Gasteiger partial charge in [-0.05, 0) is 30.7 Å². The molecule has 0 bridgehead atoms. The van der Waals surface area contributed by atoms with Crippen LogP contribution in [0, 0.1) is 12.7 Å². The monoisotopic (exact) mass is 230 g/mol. The number of aryl methyl sites for hydroxylation is 1. The molecule has 2 aromatic carbocycles. The molecule has 0 saturated carbocycles. The van der Waals surface area contributed by atoms with E-state index in [1.165, 1.54) is 6.07 Å². The number of para-hydroxylation sites is 1. The van der Waals surface area contributed by atoms with Crippen LogP contribution in [0.15, 0.2) is 42.5 Å². The van der Waals surface area contributed by atoms with Gasteiger partial charge in [-0.15, -0.1) is 0 Å². The summed E-state index contributed by atoms with van der Waals surface area (Å²) >= 11 is 0. The highest BCUT2D eigenvalue weighted by atomic mass is 19.1. The van der Waals surface area contributed by atoms with Crippen LogP contribution >= 0.6 is 0 Å². The summed E-state index contributed by atoms with van der Waals surface area (Å²) < 4.78 is 13.5. The quantitative estimate of drug-likeness (QED) is 0.848. The molecule has 0 aliphatic heterocycles. The van der Waals surface area contributed by atoms with Crippen LogP contribution in [0.1, 0.15) is 11.1 Å². The number of hydrogen-bond donors (Lipinski definition) is 2. The van der Waals surface area contributed by atoms with Gasteiger partial charge in [-0.2, -0.15) is 0 Å². The Kier molecular flexibility index (Phi) is 3.40. The fourth-order valence-corrected chi connectivity index (χ4v) is 1.74. The average molecular weight is 230 g/mol. The van der Waals surface area contributed by atoms with Crippen LogP contribution in [-0.4, -0.2) is 0 Å². The summed E-state index contributed by atoms with van der Waals surface area (Å²) in [6.07, 6.45) is 0. The first-order valence-electron chi connectivity index (χ1n) is 5.52. The van der Waals surface area contributed by atoms with Gasteiger partial charge in [0.15, 0.2) is 0 Å². The molecular formula is C14H15FN2. The first-order chi connectivity index (χ1) is 8.22. The summed E-state index contributed by atoms with van der Waals surface area (Å²) in [5.41, 5.74) is 8.87. The van der Waals surface area contributed by atoms with Gasteiger partial charge >= 0.3 is 0 Å². The molecule has 0 aromatic heterocycles. The smallest absolute Gasteiger partial charge is 0.129 e. The summed E-state index contributed by atoms with van der Waals surface area (Å²) in [5, 5.41) is 3.21. The molecule has 0 atom stereocenters. The van der Waals surface area contributed by atoms with Crippen molar-refractivity contribution in [1.82, 2.24) is 0 Å². The summed E-state index contributed by atoms with van der Waals surface area (Å²) in [4.78, 5) is 0. The Morgan fingerprint density at radius 1 is 1.06 bits per heavy atom. The summed E-state index contributed by atoms with van der Waals surface area (Å²) in [6, 6.07) is 12.8. The molecule has 0 heterocycles. The Balaban J connectivity index is 2.37.